The fraction of sp³-hybridized carbons (Fsp3) is 0.333. The van der Waals surface area contributed by atoms with E-state index in [-0.39, 0.29) is 0 Å². The van der Waals surface area contributed by atoms with Gasteiger partial charge in [0.1, 0.15) is 0 Å². The molecule has 0 bridgehead atoms. The maximum atomic E-state index is 5.78. The summed E-state index contributed by atoms with van der Waals surface area (Å²) in [5.74, 6) is 0. The first-order chi connectivity index (χ1) is 5.59. The number of rotatable bonds is 2. The van der Waals surface area contributed by atoms with E-state index < -0.39 is 0 Å². The maximum Gasteiger partial charge on any atom is 0.0576 e. The normalized spacial score (nSPS) is 10.3. The molecule has 1 aromatic rings. The average molecular weight is 229 g/mol. The third-order valence-electron chi connectivity index (χ3n) is 1.46. The van der Waals surface area contributed by atoms with E-state index in [0.717, 1.165) is 15.8 Å². The van der Waals surface area contributed by atoms with Crippen LogP contribution in [-0.4, -0.2) is 6.04 Å². The van der Waals surface area contributed by atoms with Gasteiger partial charge in [-0.25, -0.2) is 0 Å². The van der Waals surface area contributed by atoms with Gasteiger partial charge in [-0.1, -0.05) is 15.9 Å². The van der Waals surface area contributed by atoms with Gasteiger partial charge >= 0.3 is 0 Å². The molecule has 0 atom stereocenters. The van der Waals surface area contributed by atoms with Gasteiger partial charge in [-0.2, -0.15) is 0 Å². The van der Waals surface area contributed by atoms with Crippen molar-refractivity contribution >= 4 is 27.3 Å². The molecule has 0 aliphatic rings. The number of hydrogen-bond acceptors (Lipinski definition) is 2. The molecule has 0 amide bonds. The molecule has 3 heteroatoms. The molecule has 0 spiro atoms. The average Bonchev–Trinajstić information content (AvgIpc) is 1.94. The first-order valence-electron chi connectivity index (χ1n) is 3.91. The van der Waals surface area contributed by atoms with Gasteiger partial charge in [0.15, 0.2) is 0 Å². The van der Waals surface area contributed by atoms with E-state index >= 15 is 0 Å². The van der Waals surface area contributed by atoms with Crippen LogP contribution in [0.25, 0.3) is 0 Å². The fourth-order valence-electron chi connectivity index (χ4n) is 0.976. The van der Waals surface area contributed by atoms with E-state index in [9.17, 15) is 0 Å². The Kier molecular flexibility index (Phi) is 2.98. The highest BCUT2D eigenvalue weighted by atomic mass is 79.9. The van der Waals surface area contributed by atoms with Crippen LogP contribution in [0.4, 0.5) is 11.4 Å². The van der Waals surface area contributed by atoms with Crippen molar-refractivity contribution in [2.24, 2.45) is 0 Å². The molecule has 0 aliphatic carbocycles. The molecule has 0 unspecified atom stereocenters. The minimum Gasteiger partial charge on any atom is -0.397 e. The number of nitrogens with one attached hydrogen (secondary N) is 1. The molecule has 0 heterocycles. The minimum atomic E-state index is 0.411. The van der Waals surface area contributed by atoms with E-state index in [1.54, 1.807) is 0 Å². The molecule has 3 N–H and O–H groups in total. The smallest absolute Gasteiger partial charge is 0.0576 e. The third-order valence-corrected chi connectivity index (χ3v) is 1.95. The molecule has 2 nitrogen and oxygen atoms in total. The Morgan fingerprint density at radius 1 is 1.42 bits per heavy atom. The summed E-state index contributed by atoms with van der Waals surface area (Å²) < 4.78 is 1.01. The summed E-state index contributed by atoms with van der Waals surface area (Å²) in [5.41, 5.74) is 7.55. The van der Waals surface area contributed by atoms with Gasteiger partial charge in [-0.05, 0) is 32.0 Å². The third kappa shape index (κ3) is 2.41. The summed E-state index contributed by atoms with van der Waals surface area (Å²) in [7, 11) is 0. The van der Waals surface area contributed by atoms with E-state index in [1.165, 1.54) is 0 Å². The van der Waals surface area contributed by atoms with Crippen molar-refractivity contribution in [1.29, 1.82) is 0 Å². The number of nitrogen functional groups attached to an aromatic ring is 1. The Hall–Kier alpha value is -0.700. The molecule has 0 saturated heterocycles. The second-order valence-corrected chi connectivity index (χ2v) is 3.95. The summed E-state index contributed by atoms with van der Waals surface area (Å²) in [6.45, 7) is 4.17. The van der Waals surface area contributed by atoms with Crippen LogP contribution in [0.3, 0.4) is 0 Å². The summed E-state index contributed by atoms with van der Waals surface area (Å²) in [6.07, 6.45) is 0. The molecular weight excluding hydrogens is 216 g/mol. The molecule has 0 radical (unpaired) electrons. The van der Waals surface area contributed by atoms with Crippen LogP contribution in [0.1, 0.15) is 13.8 Å². The zero-order chi connectivity index (χ0) is 9.14. The van der Waals surface area contributed by atoms with Crippen molar-refractivity contribution < 1.29 is 0 Å². The van der Waals surface area contributed by atoms with Crippen LogP contribution in [-0.2, 0) is 0 Å². The Balaban J connectivity index is 2.86. The summed E-state index contributed by atoms with van der Waals surface area (Å²) >= 11 is 3.35. The number of nitrogens with two attached hydrogens (primary N) is 1. The van der Waals surface area contributed by atoms with E-state index in [1.807, 2.05) is 18.2 Å². The largest absolute Gasteiger partial charge is 0.397 e. The Bertz CT molecular complexity index is 271. The minimum absolute atomic E-state index is 0.411. The molecule has 0 aliphatic heterocycles. The summed E-state index contributed by atoms with van der Waals surface area (Å²) in [5, 5.41) is 3.25. The predicted octanol–water partition coefficient (Wildman–Crippen LogP) is 2.85. The molecule has 0 fully saturated rings. The highest BCUT2D eigenvalue weighted by Gasteiger charge is 1.99. The predicted molar refractivity (Wildman–Crippen MR) is 57.3 cm³/mol. The molecule has 1 rings (SSSR count). The lowest BCUT2D eigenvalue weighted by atomic mass is 10.2. The standard InChI is InChI=1S/C9H13BrN2/c1-6(2)12-9-4-3-7(10)5-8(9)11/h3-6,12H,11H2,1-2H3. The molecule has 0 saturated carbocycles. The van der Waals surface area contributed by atoms with E-state index in [4.69, 9.17) is 5.73 Å². The summed E-state index contributed by atoms with van der Waals surface area (Å²) in [4.78, 5) is 0. The van der Waals surface area contributed by atoms with Gasteiger partial charge in [-0.15, -0.1) is 0 Å². The van der Waals surface area contributed by atoms with Crippen molar-refractivity contribution in [3.63, 3.8) is 0 Å². The fourth-order valence-corrected chi connectivity index (χ4v) is 1.35. The van der Waals surface area contributed by atoms with Crippen molar-refractivity contribution in [3.05, 3.63) is 22.7 Å². The number of benzene rings is 1. The molecule has 1 aromatic carbocycles. The number of halogens is 1. The van der Waals surface area contributed by atoms with E-state index in [0.29, 0.717) is 6.04 Å². The van der Waals surface area contributed by atoms with Crippen LogP contribution in [0.5, 0.6) is 0 Å². The van der Waals surface area contributed by atoms with Gasteiger partial charge in [0.25, 0.3) is 0 Å². The van der Waals surface area contributed by atoms with Crippen LogP contribution >= 0.6 is 15.9 Å². The highest BCUT2D eigenvalue weighted by molar-refractivity contribution is 9.10. The zero-order valence-electron chi connectivity index (χ0n) is 7.26. The van der Waals surface area contributed by atoms with Crippen LogP contribution in [0, 0.1) is 0 Å². The topological polar surface area (TPSA) is 38.0 Å². The Morgan fingerprint density at radius 2 is 2.08 bits per heavy atom. The molecule has 66 valence electrons. The number of anilines is 2. The van der Waals surface area contributed by atoms with Crippen molar-refractivity contribution in [2.75, 3.05) is 11.1 Å². The van der Waals surface area contributed by atoms with Gasteiger partial charge in [0, 0.05) is 10.5 Å². The monoisotopic (exact) mass is 228 g/mol. The van der Waals surface area contributed by atoms with Crippen molar-refractivity contribution in [2.45, 2.75) is 19.9 Å². The van der Waals surface area contributed by atoms with Crippen LogP contribution in [0.2, 0.25) is 0 Å². The Labute approximate surface area is 81.3 Å². The zero-order valence-corrected chi connectivity index (χ0v) is 8.85. The lowest BCUT2D eigenvalue weighted by molar-refractivity contribution is 0.900. The second-order valence-electron chi connectivity index (χ2n) is 3.03. The maximum absolute atomic E-state index is 5.78. The second kappa shape index (κ2) is 3.81. The SMILES string of the molecule is CC(C)Nc1ccc(Br)cc1N. The molecular formula is C9H13BrN2. The lowest BCUT2D eigenvalue weighted by Gasteiger charge is -2.12. The van der Waals surface area contributed by atoms with Crippen molar-refractivity contribution in [3.8, 4) is 0 Å². The first kappa shape index (κ1) is 9.39. The Morgan fingerprint density at radius 3 is 2.58 bits per heavy atom. The van der Waals surface area contributed by atoms with Gasteiger partial charge in [-0.3, -0.25) is 0 Å². The van der Waals surface area contributed by atoms with Crippen LogP contribution in [0.15, 0.2) is 22.7 Å². The van der Waals surface area contributed by atoms with Gasteiger partial charge < -0.3 is 11.1 Å². The quantitative estimate of drug-likeness (QED) is 0.765. The van der Waals surface area contributed by atoms with Crippen molar-refractivity contribution in [1.82, 2.24) is 0 Å². The van der Waals surface area contributed by atoms with Gasteiger partial charge in [0.2, 0.25) is 0 Å². The first-order valence-corrected chi connectivity index (χ1v) is 4.70. The highest BCUT2D eigenvalue weighted by Crippen LogP contribution is 2.23. The summed E-state index contributed by atoms with van der Waals surface area (Å²) in [6, 6.07) is 6.25. The van der Waals surface area contributed by atoms with Crippen LogP contribution < -0.4 is 11.1 Å². The molecule has 0 aromatic heterocycles. The van der Waals surface area contributed by atoms with E-state index in [2.05, 4.69) is 35.1 Å². The van der Waals surface area contributed by atoms with Gasteiger partial charge in [0.05, 0.1) is 11.4 Å². The molecule has 12 heavy (non-hydrogen) atoms. The lowest BCUT2D eigenvalue weighted by Crippen LogP contribution is -2.11. The number of hydrogen-bond donors (Lipinski definition) is 2.